The van der Waals surface area contributed by atoms with Gasteiger partial charge in [-0.3, -0.25) is 4.79 Å². The zero-order chi connectivity index (χ0) is 13.8. The smallest absolute Gasteiger partial charge is 0.337 e. The first-order valence-electron chi connectivity index (χ1n) is 5.71. The number of rotatable bonds is 5. The molecule has 0 spiro atoms. The van der Waals surface area contributed by atoms with Crippen molar-refractivity contribution >= 4 is 5.97 Å². The molecule has 0 aromatic carbocycles. The summed E-state index contributed by atoms with van der Waals surface area (Å²) in [7, 11) is 0. The summed E-state index contributed by atoms with van der Waals surface area (Å²) in [5.41, 5.74) is -0.558. The Morgan fingerprint density at radius 1 is 1.50 bits per heavy atom. The molecule has 5 heteroatoms. The van der Waals surface area contributed by atoms with Gasteiger partial charge in [0, 0.05) is 18.8 Å². The van der Waals surface area contributed by atoms with Gasteiger partial charge in [-0.05, 0) is 32.8 Å². The lowest BCUT2D eigenvalue weighted by molar-refractivity contribution is 0.0695. The van der Waals surface area contributed by atoms with Crippen molar-refractivity contribution in [2.45, 2.75) is 33.2 Å². The second-order valence-corrected chi connectivity index (χ2v) is 4.85. The predicted molar refractivity (Wildman–Crippen MR) is 66.3 cm³/mol. The summed E-state index contributed by atoms with van der Waals surface area (Å²) in [6.07, 6.45) is 2.65. The Hall–Kier alpha value is -2.09. The van der Waals surface area contributed by atoms with E-state index in [1.165, 1.54) is 22.9 Å². The van der Waals surface area contributed by atoms with Crippen LogP contribution in [0.2, 0.25) is 0 Å². The van der Waals surface area contributed by atoms with Crippen LogP contribution in [0, 0.1) is 16.7 Å². The van der Waals surface area contributed by atoms with Gasteiger partial charge in [0.2, 0.25) is 0 Å². The molecule has 0 saturated carbocycles. The molecule has 96 valence electrons. The van der Waals surface area contributed by atoms with Crippen LogP contribution < -0.4 is 5.56 Å². The third-order valence-electron chi connectivity index (χ3n) is 2.73. The van der Waals surface area contributed by atoms with Crippen LogP contribution in [0.1, 0.15) is 37.0 Å². The van der Waals surface area contributed by atoms with E-state index in [4.69, 9.17) is 10.4 Å². The van der Waals surface area contributed by atoms with Crippen LogP contribution in [-0.4, -0.2) is 15.6 Å². The van der Waals surface area contributed by atoms with Crippen LogP contribution in [0.3, 0.4) is 0 Å². The van der Waals surface area contributed by atoms with E-state index in [0.717, 1.165) is 0 Å². The highest BCUT2D eigenvalue weighted by Gasteiger charge is 2.15. The van der Waals surface area contributed by atoms with Crippen LogP contribution in [0.15, 0.2) is 23.1 Å². The van der Waals surface area contributed by atoms with Gasteiger partial charge in [-0.15, -0.1) is 0 Å². The van der Waals surface area contributed by atoms with E-state index in [0.29, 0.717) is 19.4 Å². The molecule has 0 fully saturated rings. The number of carboxylic acid groups (broad SMARTS) is 1. The molecular formula is C13H16N2O3. The fourth-order valence-corrected chi connectivity index (χ4v) is 1.58. The summed E-state index contributed by atoms with van der Waals surface area (Å²) in [4.78, 5) is 22.3. The zero-order valence-corrected chi connectivity index (χ0v) is 10.5. The first-order chi connectivity index (χ1) is 8.35. The SMILES string of the molecule is CC(C)(C#N)CCCn1cc(C(=O)O)ccc1=O. The number of hydrogen-bond donors (Lipinski definition) is 1. The molecule has 0 aliphatic heterocycles. The molecule has 0 aliphatic carbocycles. The molecular weight excluding hydrogens is 232 g/mol. The van der Waals surface area contributed by atoms with E-state index >= 15 is 0 Å². The lowest BCUT2D eigenvalue weighted by atomic mass is 9.90. The molecule has 0 unspecified atom stereocenters. The maximum absolute atomic E-state index is 11.5. The molecule has 0 radical (unpaired) electrons. The summed E-state index contributed by atoms with van der Waals surface area (Å²) in [6.45, 7) is 4.10. The Labute approximate surface area is 105 Å². The van der Waals surface area contributed by atoms with Gasteiger partial charge in [0.05, 0.1) is 17.0 Å². The van der Waals surface area contributed by atoms with Gasteiger partial charge < -0.3 is 9.67 Å². The molecule has 1 heterocycles. The number of nitriles is 1. The molecule has 0 aliphatic rings. The highest BCUT2D eigenvalue weighted by atomic mass is 16.4. The number of carboxylic acids is 1. The van der Waals surface area contributed by atoms with E-state index < -0.39 is 11.4 Å². The van der Waals surface area contributed by atoms with Crippen molar-refractivity contribution in [3.8, 4) is 6.07 Å². The average molecular weight is 248 g/mol. The van der Waals surface area contributed by atoms with Crippen molar-refractivity contribution < 1.29 is 9.90 Å². The van der Waals surface area contributed by atoms with Crippen LogP contribution in [0.5, 0.6) is 0 Å². The van der Waals surface area contributed by atoms with Crippen molar-refractivity contribution in [3.63, 3.8) is 0 Å². The summed E-state index contributed by atoms with van der Waals surface area (Å²) in [6, 6.07) is 4.73. The lowest BCUT2D eigenvalue weighted by Gasteiger charge is -2.15. The topological polar surface area (TPSA) is 83.1 Å². The van der Waals surface area contributed by atoms with Gasteiger partial charge in [0.15, 0.2) is 0 Å². The second kappa shape index (κ2) is 5.50. The third kappa shape index (κ3) is 3.74. The highest BCUT2D eigenvalue weighted by molar-refractivity contribution is 5.87. The Kier molecular flexibility index (Phi) is 4.27. The Morgan fingerprint density at radius 3 is 2.72 bits per heavy atom. The minimum Gasteiger partial charge on any atom is -0.478 e. The van der Waals surface area contributed by atoms with Crippen LogP contribution in [0.25, 0.3) is 0 Å². The first kappa shape index (κ1) is 14.0. The Balaban J connectivity index is 2.74. The van der Waals surface area contributed by atoms with Crippen molar-refractivity contribution in [2.75, 3.05) is 0 Å². The summed E-state index contributed by atoms with van der Waals surface area (Å²) in [5, 5.41) is 17.7. The molecule has 1 aromatic heterocycles. The first-order valence-corrected chi connectivity index (χ1v) is 5.71. The van der Waals surface area contributed by atoms with Crippen molar-refractivity contribution in [1.29, 1.82) is 5.26 Å². The monoisotopic (exact) mass is 248 g/mol. The van der Waals surface area contributed by atoms with Gasteiger partial charge in [0.1, 0.15) is 0 Å². The normalized spacial score (nSPS) is 10.9. The molecule has 1 N–H and O–H groups in total. The summed E-state index contributed by atoms with van der Waals surface area (Å²) < 4.78 is 1.37. The van der Waals surface area contributed by atoms with E-state index in [1.807, 2.05) is 13.8 Å². The molecule has 1 aromatic rings. The standard InChI is InChI=1S/C13H16N2O3/c1-13(2,9-14)6-3-7-15-8-10(12(17)18)4-5-11(15)16/h4-5,8H,3,6-7H2,1-2H3,(H,17,18). The van der Waals surface area contributed by atoms with Crippen molar-refractivity contribution in [1.82, 2.24) is 4.57 Å². The van der Waals surface area contributed by atoms with Gasteiger partial charge in [-0.25, -0.2) is 4.79 Å². The fourth-order valence-electron chi connectivity index (χ4n) is 1.58. The Morgan fingerprint density at radius 2 is 2.17 bits per heavy atom. The predicted octanol–water partition coefficient (Wildman–Crippen LogP) is 1.88. The number of aryl methyl sites for hydroxylation is 1. The largest absolute Gasteiger partial charge is 0.478 e. The van der Waals surface area contributed by atoms with E-state index in [1.54, 1.807) is 0 Å². The molecule has 18 heavy (non-hydrogen) atoms. The van der Waals surface area contributed by atoms with E-state index in [-0.39, 0.29) is 11.1 Å². The molecule has 0 saturated heterocycles. The minimum atomic E-state index is -1.05. The zero-order valence-electron chi connectivity index (χ0n) is 10.5. The summed E-state index contributed by atoms with van der Waals surface area (Å²) >= 11 is 0. The summed E-state index contributed by atoms with van der Waals surface area (Å²) in [5.74, 6) is -1.05. The second-order valence-electron chi connectivity index (χ2n) is 4.85. The maximum atomic E-state index is 11.5. The molecule has 0 atom stereocenters. The van der Waals surface area contributed by atoms with Crippen LogP contribution in [-0.2, 0) is 6.54 Å². The van der Waals surface area contributed by atoms with Gasteiger partial charge in [-0.1, -0.05) is 0 Å². The Bertz CT molecular complexity index is 538. The van der Waals surface area contributed by atoms with E-state index in [9.17, 15) is 9.59 Å². The number of aromatic nitrogens is 1. The quantitative estimate of drug-likeness (QED) is 0.862. The molecule has 1 rings (SSSR count). The van der Waals surface area contributed by atoms with E-state index in [2.05, 4.69) is 6.07 Å². The highest BCUT2D eigenvalue weighted by Crippen LogP contribution is 2.20. The number of carbonyl (C=O) groups is 1. The minimum absolute atomic E-state index is 0.0918. The molecule has 0 amide bonds. The maximum Gasteiger partial charge on any atom is 0.337 e. The number of aromatic carboxylic acids is 1. The fraction of sp³-hybridized carbons (Fsp3) is 0.462. The van der Waals surface area contributed by atoms with Crippen molar-refractivity contribution in [2.24, 2.45) is 5.41 Å². The number of hydrogen-bond acceptors (Lipinski definition) is 3. The van der Waals surface area contributed by atoms with Gasteiger partial charge >= 0.3 is 5.97 Å². The lowest BCUT2D eigenvalue weighted by Crippen LogP contribution is -2.21. The molecule has 0 bridgehead atoms. The average Bonchev–Trinajstić information content (AvgIpc) is 2.31. The third-order valence-corrected chi connectivity index (χ3v) is 2.73. The molecule has 5 nitrogen and oxygen atoms in total. The van der Waals surface area contributed by atoms with Crippen LogP contribution >= 0.6 is 0 Å². The van der Waals surface area contributed by atoms with Crippen molar-refractivity contribution in [3.05, 3.63) is 34.2 Å². The van der Waals surface area contributed by atoms with Gasteiger partial charge in [0.25, 0.3) is 5.56 Å². The number of nitrogens with zero attached hydrogens (tertiary/aromatic N) is 2. The van der Waals surface area contributed by atoms with Crippen LogP contribution in [0.4, 0.5) is 0 Å². The number of pyridine rings is 1. The van der Waals surface area contributed by atoms with Gasteiger partial charge in [-0.2, -0.15) is 5.26 Å².